The molecule has 1 aromatic heterocycles. The van der Waals surface area contributed by atoms with Crippen molar-refractivity contribution in [3.8, 4) is 0 Å². The predicted molar refractivity (Wildman–Crippen MR) is 90.7 cm³/mol. The highest BCUT2D eigenvalue weighted by molar-refractivity contribution is 6.31. The predicted octanol–water partition coefficient (Wildman–Crippen LogP) is 1.95. The number of hydrogen-bond acceptors (Lipinski definition) is 4. The van der Waals surface area contributed by atoms with Crippen LogP contribution in [0.15, 0.2) is 36.7 Å². The maximum atomic E-state index is 12.5. The van der Waals surface area contributed by atoms with Gasteiger partial charge in [-0.05, 0) is 18.1 Å². The minimum absolute atomic E-state index is 0.174. The third-order valence-electron chi connectivity index (χ3n) is 4.16. The molecule has 1 atom stereocenters. The number of ether oxygens (including phenoxy) is 1. The SMILES string of the molecule is O=C(O)CC1(NC(=O)c2cnn(Cc3ccccc3Cl)c2)CCOC1. The Morgan fingerprint density at radius 1 is 1.40 bits per heavy atom. The zero-order valence-corrected chi connectivity index (χ0v) is 14.2. The van der Waals surface area contributed by atoms with Gasteiger partial charge in [-0.2, -0.15) is 5.10 Å². The number of carbonyl (C=O) groups excluding carboxylic acids is 1. The maximum Gasteiger partial charge on any atom is 0.305 e. The van der Waals surface area contributed by atoms with Crippen molar-refractivity contribution in [2.24, 2.45) is 0 Å². The Hall–Kier alpha value is -2.38. The number of nitrogens with zero attached hydrogens (tertiary/aromatic N) is 2. The molecule has 1 saturated heterocycles. The molecule has 2 heterocycles. The minimum atomic E-state index is -0.972. The summed E-state index contributed by atoms with van der Waals surface area (Å²) in [5, 5.41) is 16.7. The molecule has 1 aromatic carbocycles. The van der Waals surface area contributed by atoms with E-state index in [9.17, 15) is 9.59 Å². The second-order valence-electron chi connectivity index (χ2n) is 6.13. The van der Waals surface area contributed by atoms with Crippen LogP contribution < -0.4 is 5.32 Å². The number of aliphatic carboxylic acids is 1. The van der Waals surface area contributed by atoms with Crippen LogP contribution in [-0.2, 0) is 16.1 Å². The lowest BCUT2D eigenvalue weighted by Crippen LogP contribution is -2.50. The fourth-order valence-corrected chi connectivity index (χ4v) is 3.06. The first-order chi connectivity index (χ1) is 12.0. The van der Waals surface area contributed by atoms with Crippen LogP contribution in [0.5, 0.6) is 0 Å². The third kappa shape index (κ3) is 4.18. The Kier molecular flexibility index (Phi) is 5.06. The highest BCUT2D eigenvalue weighted by Gasteiger charge is 2.39. The number of halogens is 1. The van der Waals surface area contributed by atoms with Gasteiger partial charge in [-0.15, -0.1) is 0 Å². The van der Waals surface area contributed by atoms with Crippen molar-refractivity contribution in [1.82, 2.24) is 15.1 Å². The smallest absolute Gasteiger partial charge is 0.305 e. The van der Waals surface area contributed by atoms with Crippen molar-refractivity contribution in [3.63, 3.8) is 0 Å². The number of carbonyl (C=O) groups is 2. The van der Waals surface area contributed by atoms with Crippen molar-refractivity contribution in [1.29, 1.82) is 0 Å². The van der Waals surface area contributed by atoms with E-state index in [1.54, 1.807) is 16.9 Å². The summed E-state index contributed by atoms with van der Waals surface area (Å²) in [6, 6.07) is 7.42. The monoisotopic (exact) mass is 363 g/mol. The molecule has 0 bridgehead atoms. The van der Waals surface area contributed by atoms with Crippen LogP contribution in [-0.4, -0.2) is 45.5 Å². The quantitative estimate of drug-likeness (QED) is 0.818. The van der Waals surface area contributed by atoms with Gasteiger partial charge in [-0.1, -0.05) is 29.8 Å². The van der Waals surface area contributed by atoms with Gasteiger partial charge in [0.1, 0.15) is 0 Å². The maximum absolute atomic E-state index is 12.5. The molecule has 0 radical (unpaired) electrons. The molecular weight excluding hydrogens is 346 g/mol. The van der Waals surface area contributed by atoms with Gasteiger partial charge >= 0.3 is 5.97 Å². The molecule has 1 aliphatic heterocycles. The van der Waals surface area contributed by atoms with Crippen molar-refractivity contribution in [3.05, 3.63) is 52.8 Å². The zero-order valence-electron chi connectivity index (χ0n) is 13.4. The first kappa shape index (κ1) is 17.4. The van der Waals surface area contributed by atoms with E-state index in [2.05, 4.69) is 10.4 Å². The molecule has 1 amide bonds. The summed E-state index contributed by atoms with van der Waals surface area (Å²) in [4.78, 5) is 23.6. The van der Waals surface area contributed by atoms with Crippen LogP contribution in [0.2, 0.25) is 5.02 Å². The van der Waals surface area contributed by atoms with E-state index in [4.69, 9.17) is 21.4 Å². The summed E-state index contributed by atoms with van der Waals surface area (Å²) in [5.74, 6) is -1.34. The fraction of sp³-hybridized carbons (Fsp3) is 0.353. The van der Waals surface area contributed by atoms with Crippen LogP contribution in [0.1, 0.15) is 28.8 Å². The van der Waals surface area contributed by atoms with Gasteiger partial charge in [0.2, 0.25) is 0 Å². The number of hydrogen-bond donors (Lipinski definition) is 2. The van der Waals surface area contributed by atoms with Crippen LogP contribution in [0.4, 0.5) is 0 Å². The number of aromatic nitrogens is 2. The fourth-order valence-electron chi connectivity index (χ4n) is 2.86. The standard InChI is InChI=1S/C17H18ClN3O4/c18-14-4-2-1-3-12(14)9-21-10-13(8-19-21)16(24)20-17(7-15(22)23)5-6-25-11-17/h1-4,8,10H,5-7,9,11H2,(H,20,24)(H,22,23). The molecule has 25 heavy (non-hydrogen) atoms. The summed E-state index contributed by atoms with van der Waals surface area (Å²) < 4.78 is 6.90. The lowest BCUT2D eigenvalue weighted by molar-refractivity contribution is -0.138. The molecule has 1 unspecified atom stereocenters. The molecule has 7 nitrogen and oxygen atoms in total. The molecule has 8 heteroatoms. The molecule has 2 N–H and O–H groups in total. The minimum Gasteiger partial charge on any atom is -0.481 e. The van der Waals surface area contributed by atoms with Crippen LogP contribution in [0.3, 0.4) is 0 Å². The summed E-state index contributed by atoms with van der Waals surface area (Å²) in [7, 11) is 0. The Morgan fingerprint density at radius 3 is 2.88 bits per heavy atom. The van der Waals surface area contributed by atoms with Gasteiger partial charge in [-0.25, -0.2) is 0 Å². The topological polar surface area (TPSA) is 93.5 Å². The van der Waals surface area contributed by atoms with Crippen LogP contribution in [0.25, 0.3) is 0 Å². The molecule has 0 aliphatic carbocycles. The van der Waals surface area contributed by atoms with E-state index in [-0.39, 0.29) is 18.9 Å². The number of carboxylic acids is 1. The number of carboxylic acid groups (broad SMARTS) is 1. The normalized spacial score (nSPS) is 19.7. The summed E-state index contributed by atoms with van der Waals surface area (Å²) >= 11 is 6.13. The van der Waals surface area contributed by atoms with Crippen LogP contribution >= 0.6 is 11.6 Å². The number of nitrogens with one attached hydrogen (secondary N) is 1. The molecule has 2 aromatic rings. The second kappa shape index (κ2) is 7.25. The van der Waals surface area contributed by atoms with Gasteiger partial charge in [0.15, 0.2) is 0 Å². The van der Waals surface area contributed by atoms with Crippen molar-refractivity contribution < 1.29 is 19.4 Å². The highest BCUT2D eigenvalue weighted by atomic mass is 35.5. The molecule has 0 saturated carbocycles. The van der Waals surface area contributed by atoms with Crippen molar-refractivity contribution in [2.75, 3.05) is 13.2 Å². The number of benzene rings is 1. The molecule has 132 valence electrons. The van der Waals surface area contributed by atoms with Gasteiger partial charge < -0.3 is 15.2 Å². The molecule has 3 rings (SSSR count). The first-order valence-electron chi connectivity index (χ1n) is 7.85. The van der Waals surface area contributed by atoms with Crippen LogP contribution in [0, 0.1) is 0 Å². The first-order valence-corrected chi connectivity index (χ1v) is 8.23. The Labute approximate surface area is 149 Å². The lowest BCUT2D eigenvalue weighted by atomic mass is 9.94. The number of amides is 1. The Balaban J connectivity index is 1.70. The van der Waals surface area contributed by atoms with E-state index in [0.29, 0.717) is 30.2 Å². The van der Waals surface area contributed by atoms with E-state index in [1.165, 1.54) is 6.20 Å². The zero-order chi connectivity index (χ0) is 17.9. The highest BCUT2D eigenvalue weighted by Crippen LogP contribution is 2.23. The molecule has 0 spiro atoms. The van der Waals surface area contributed by atoms with Gasteiger partial charge in [0.25, 0.3) is 5.91 Å². The van der Waals surface area contributed by atoms with E-state index in [1.807, 2.05) is 18.2 Å². The van der Waals surface area contributed by atoms with Crippen molar-refractivity contribution in [2.45, 2.75) is 24.9 Å². The Morgan fingerprint density at radius 2 is 2.20 bits per heavy atom. The van der Waals surface area contributed by atoms with E-state index < -0.39 is 11.5 Å². The third-order valence-corrected chi connectivity index (χ3v) is 4.53. The van der Waals surface area contributed by atoms with E-state index >= 15 is 0 Å². The number of rotatable bonds is 6. The van der Waals surface area contributed by atoms with E-state index in [0.717, 1.165) is 5.56 Å². The van der Waals surface area contributed by atoms with Gasteiger partial charge in [-0.3, -0.25) is 14.3 Å². The largest absolute Gasteiger partial charge is 0.481 e. The Bertz CT molecular complexity index is 784. The summed E-state index contributed by atoms with van der Waals surface area (Å²) in [6.07, 6.45) is 3.37. The second-order valence-corrected chi connectivity index (χ2v) is 6.53. The molecule has 1 aliphatic rings. The molecular formula is C17H18ClN3O4. The average molecular weight is 364 g/mol. The lowest BCUT2D eigenvalue weighted by Gasteiger charge is -2.26. The summed E-state index contributed by atoms with van der Waals surface area (Å²) in [5.41, 5.74) is 0.391. The van der Waals surface area contributed by atoms with Gasteiger partial charge in [0, 0.05) is 17.8 Å². The van der Waals surface area contributed by atoms with Gasteiger partial charge in [0.05, 0.1) is 36.9 Å². The molecule has 1 fully saturated rings. The average Bonchev–Trinajstić information content (AvgIpc) is 3.19. The van der Waals surface area contributed by atoms with Crippen molar-refractivity contribution >= 4 is 23.5 Å². The summed E-state index contributed by atoms with van der Waals surface area (Å²) in [6.45, 7) is 1.06.